The minimum absolute atomic E-state index is 0.158. The van der Waals surface area contributed by atoms with Crippen molar-refractivity contribution < 1.29 is 19.5 Å². The minimum atomic E-state index is -0.509. The Morgan fingerprint density at radius 3 is 2.62 bits per heavy atom. The predicted molar refractivity (Wildman–Crippen MR) is 78.4 cm³/mol. The molecule has 6 nitrogen and oxygen atoms in total. The molecule has 0 bridgehead atoms. The molecule has 0 radical (unpaired) electrons. The molecule has 0 unspecified atom stereocenters. The molecule has 0 amide bonds. The highest BCUT2D eigenvalue weighted by atomic mass is 16.6. The zero-order valence-corrected chi connectivity index (χ0v) is 12.7. The van der Waals surface area contributed by atoms with Gasteiger partial charge in [0.05, 0.1) is 7.11 Å². The van der Waals surface area contributed by atoms with Gasteiger partial charge >= 0.3 is 5.97 Å². The average molecular weight is 292 g/mol. The Balaban J connectivity index is 0.00000106. The van der Waals surface area contributed by atoms with Crippen LogP contribution in [0.4, 0.5) is 0 Å². The largest absolute Gasteiger partial charge is 0.466 e. The fourth-order valence-corrected chi connectivity index (χ4v) is 1.66. The average Bonchev–Trinajstić information content (AvgIpc) is 2.88. The Morgan fingerprint density at radius 2 is 2.00 bits per heavy atom. The van der Waals surface area contributed by atoms with E-state index in [2.05, 4.69) is 9.84 Å². The molecule has 0 spiro atoms. The van der Waals surface area contributed by atoms with Crippen molar-refractivity contribution in [2.75, 3.05) is 13.7 Å². The van der Waals surface area contributed by atoms with E-state index in [1.807, 2.05) is 45.0 Å². The summed E-state index contributed by atoms with van der Waals surface area (Å²) in [5.41, 5.74) is 2.33. The number of benzene rings is 1. The Bertz CT molecular complexity index is 593. The summed E-state index contributed by atoms with van der Waals surface area (Å²) < 4.78 is 9.57. The molecule has 1 aromatic carbocycles. The molecule has 0 atom stereocenters. The van der Waals surface area contributed by atoms with E-state index in [9.17, 15) is 10.0 Å². The number of carbonyl (C=O) groups excluding carboxylic acids is 1. The van der Waals surface area contributed by atoms with Gasteiger partial charge in [0.15, 0.2) is 6.61 Å². The predicted octanol–water partition coefficient (Wildman–Crippen LogP) is 2.67. The summed E-state index contributed by atoms with van der Waals surface area (Å²) >= 11 is 0. The molecule has 1 heterocycles. The number of hydrogen-bond donors (Lipinski definition) is 1. The number of aromatic nitrogens is 2. The molecule has 2 aromatic rings. The highest BCUT2D eigenvalue weighted by Gasteiger charge is 2.13. The van der Waals surface area contributed by atoms with Gasteiger partial charge in [0.2, 0.25) is 5.88 Å². The van der Waals surface area contributed by atoms with Crippen LogP contribution in [0.1, 0.15) is 19.4 Å². The minimum Gasteiger partial charge on any atom is -0.466 e. The van der Waals surface area contributed by atoms with Crippen molar-refractivity contribution in [3.05, 3.63) is 35.9 Å². The standard InChI is InChI=1S/C13H14N2O4.C2H6/c1-9-5-3-4-6-10(9)11-7-12(14-15(11)17)19-8-13(16)18-2;1-2/h3-7,17H,8H2,1-2H3;1-2H3. The number of rotatable bonds is 4. The van der Waals surface area contributed by atoms with E-state index >= 15 is 0 Å². The summed E-state index contributed by atoms with van der Waals surface area (Å²) in [5.74, 6) is -0.351. The molecule has 21 heavy (non-hydrogen) atoms. The maximum atomic E-state index is 11.0. The van der Waals surface area contributed by atoms with E-state index in [0.29, 0.717) is 5.69 Å². The van der Waals surface area contributed by atoms with Crippen molar-refractivity contribution in [3.8, 4) is 17.1 Å². The lowest BCUT2D eigenvalue weighted by Gasteiger charge is -2.03. The summed E-state index contributed by atoms with van der Waals surface area (Å²) in [6.45, 7) is 5.68. The molecule has 2 rings (SSSR count). The van der Waals surface area contributed by atoms with E-state index in [1.165, 1.54) is 7.11 Å². The van der Waals surface area contributed by atoms with Gasteiger partial charge in [-0.25, -0.2) is 4.79 Å². The highest BCUT2D eigenvalue weighted by Crippen LogP contribution is 2.25. The van der Waals surface area contributed by atoms with E-state index in [1.54, 1.807) is 6.07 Å². The summed E-state index contributed by atoms with van der Waals surface area (Å²) in [6, 6.07) is 9.13. The lowest BCUT2D eigenvalue weighted by Crippen LogP contribution is -2.12. The quantitative estimate of drug-likeness (QED) is 0.692. The van der Waals surface area contributed by atoms with E-state index in [4.69, 9.17) is 4.74 Å². The van der Waals surface area contributed by atoms with Gasteiger partial charge in [-0.15, -0.1) is 0 Å². The van der Waals surface area contributed by atoms with Gasteiger partial charge in [-0.2, -0.15) is 0 Å². The Morgan fingerprint density at radius 1 is 1.33 bits per heavy atom. The molecule has 6 heteroatoms. The topological polar surface area (TPSA) is 73.6 Å². The van der Waals surface area contributed by atoms with Gasteiger partial charge in [-0.05, 0) is 12.5 Å². The van der Waals surface area contributed by atoms with Crippen LogP contribution in [0, 0.1) is 6.92 Å². The first kappa shape index (κ1) is 16.6. The van der Waals surface area contributed by atoms with E-state index in [-0.39, 0.29) is 12.5 Å². The SMILES string of the molecule is CC.COC(=O)COc1cc(-c2ccccc2C)n(O)n1. The molecule has 0 fully saturated rings. The van der Waals surface area contributed by atoms with Crippen LogP contribution in [0.3, 0.4) is 0 Å². The first-order chi connectivity index (χ1) is 10.1. The highest BCUT2D eigenvalue weighted by molar-refractivity contribution is 5.71. The van der Waals surface area contributed by atoms with Gasteiger partial charge in [0.1, 0.15) is 5.69 Å². The molecule has 1 aromatic heterocycles. The summed E-state index contributed by atoms with van der Waals surface area (Å²) in [5, 5.41) is 13.5. The second kappa shape index (κ2) is 7.94. The number of esters is 1. The smallest absolute Gasteiger partial charge is 0.343 e. The second-order valence-electron chi connectivity index (χ2n) is 3.94. The van der Waals surface area contributed by atoms with Crippen molar-refractivity contribution >= 4 is 5.97 Å². The Hall–Kier alpha value is -2.50. The van der Waals surface area contributed by atoms with Crippen molar-refractivity contribution in [2.45, 2.75) is 20.8 Å². The van der Waals surface area contributed by atoms with Crippen molar-refractivity contribution in [3.63, 3.8) is 0 Å². The maximum Gasteiger partial charge on any atom is 0.343 e. The molecule has 0 saturated carbocycles. The van der Waals surface area contributed by atoms with Gasteiger partial charge in [0, 0.05) is 11.6 Å². The van der Waals surface area contributed by atoms with Gasteiger partial charge < -0.3 is 14.7 Å². The first-order valence-corrected chi connectivity index (χ1v) is 6.66. The molecule has 114 valence electrons. The molecular formula is C15H20N2O4. The monoisotopic (exact) mass is 292 g/mol. The zero-order chi connectivity index (χ0) is 15.8. The van der Waals surface area contributed by atoms with Crippen molar-refractivity contribution in [2.24, 2.45) is 0 Å². The number of aryl methyl sites for hydroxylation is 1. The fraction of sp³-hybridized carbons (Fsp3) is 0.333. The van der Waals surface area contributed by atoms with Crippen LogP contribution in [-0.2, 0) is 9.53 Å². The zero-order valence-electron chi connectivity index (χ0n) is 12.7. The molecule has 0 aliphatic carbocycles. The third-order valence-electron chi connectivity index (χ3n) is 2.66. The maximum absolute atomic E-state index is 11.0. The first-order valence-electron chi connectivity index (χ1n) is 6.66. The van der Waals surface area contributed by atoms with Crippen LogP contribution in [0.25, 0.3) is 11.3 Å². The van der Waals surface area contributed by atoms with Gasteiger partial charge in [-0.3, -0.25) is 0 Å². The van der Waals surface area contributed by atoms with Crippen LogP contribution in [0.2, 0.25) is 0 Å². The molecule has 1 N–H and O–H groups in total. The van der Waals surface area contributed by atoms with Crippen LogP contribution in [0.15, 0.2) is 30.3 Å². The lowest BCUT2D eigenvalue weighted by molar-refractivity contribution is -0.143. The van der Waals surface area contributed by atoms with Gasteiger partial charge in [-0.1, -0.05) is 48.1 Å². The second-order valence-corrected chi connectivity index (χ2v) is 3.94. The Kier molecular flexibility index (Phi) is 6.26. The normalized spacial score (nSPS) is 9.52. The van der Waals surface area contributed by atoms with Crippen LogP contribution in [0.5, 0.6) is 5.88 Å². The third kappa shape index (κ3) is 4.24. The van der Waals surface area contributed by atoms with E-state index in [0.717, 1.165) is 16.0 Å². The van der Waals surface area contributed by atoms with Crippen LogP contribution < -0.4 is 4.74 Å². The molecule has 0 aliphatic rings. The number of carbonyl (C=O) groups is 1. The summed E-state index contributed by atoms with van der Waals surface area (Å²) in [4.78, 5) is 11.7. The fourth-order valence-electron chi connectivity index (χ4n) is 1.66. The Labute approximate surface area is 123 Å². The van der Waals surface area contributed by atoms with E-state index < -0.39 is 5.97 Å². The number of hydrogen-bond acceptors (Lipinski definition) is 5. The molecule has 0 saturated heterocycles. The molecular weight excluding hydrogens is 272 g/mol. The van der Waals surface area contributed by atoms with Crippen LogP contribution in [-0.4, -0.2) is 34.8 Å². The molecule has 0 aliphatic heterocycles. The summed E-state index contributed by atoms with van der Waals surface area (Å²) in [6.07, 6.45) is 0. The van der Waals surface area contributed by atoms with Crippen molar-refractivity contribution in [1.82, 2.24) is 9.94 Å². The third-order valence-corrected chi connectivity index (χ3v) is 2.66. The van der Waals surface area contributed by atoms with Gasteiger partial charge in [0.25, 0.3) is 0 Å². The number of nitrogens with zero attached hydrogens (tertiary/aromatic N) is 2. The number of methoxy groups -OCH3 is 1. The summed E-state index contributed by atoms with van der Waals surface area (Å²) in [7, 11) is 1.27. The number of ether oxygens (including phenoxy) is 2. The lowest BCUT2D eigenvalue weighted by atomic mass is 10.1. The van der Waals surface area contributed by atoms with Crippen molar-refractivity contribution in [1.29, 1.82) is 0 Å². The van der Waals surface area contributed by atoms with Crippen LogP contribution >= 0.6 is 0 Å².